The highest BCUT2D eigenvalue weighted by Gasteiger charge is 2.41. The first-order chi connectivity index (χ1) is 21.2. The number of amides is 2. The van der Waals surface area contributed by atoms with Crippen LogP contribution >= 0.6 is 11.6 Å². The number of fused-ring (bicyclic) bond motifs is 1. The van der Waals surface area contributed by atoms with Gasteiger partial charge in [0, 0.05) is 24.5 Å². The normalized spacial score (nSPS) is 17.3. The summed E-state index contributed by atoms with van der Waals surface area (Å²) in [6.45, 7) is 0.0574. The van der Waals surface area contributed by atoms with Gasteiger partial charge in [-0.05, 0) is 66.1 Å². The Morgan fingerprint density at radius 1 is 0.955 bits per heavy atom. The van der Waals surface area contributed by atoms with E-state index in [1.807, 2.05) is 0 Å². The van der Waals surface area contributed by atoms with Crippen LogP contribution in [0.5, 0.6) is 0 Å². The van der Waals surface area contributed by atoms with Crippen LogP contribution in [-0.2, 0) is 16.0 Å². The molecule has 11 nitrogen and oxygen atoms in total. The molecule has 3 heterocycles. The standard InChI is InChI=1S/C31H24ClFN6O5/c32-22-6-4-8-25(27(22)33)39-17-23(35-36-39)30(42)38-16-14-20-21(5-3-7-24(20)37-15-2-1-9-26(37)40)28(38)29(41)34-19-12-10-18(11-13-19)31(43)44/h1-13,15,23,28H,14,16-17H2,(H,34,41)(H,43,44). The van der Waals surface area contributed by atoms with Gasteiger partial charge in [0.15, 0.2) is 11.9 Å². The minimum absolute atomic E-state index is 0.0491. The predicted molar refractivity (Wildman–Crippen MR) is 160 cm³/mol. The van der Waals surface area contributed by atoms with Crippen LogP contribution in [-0.4, -0.2) is 51.5 Å². The van der Waals surface area contributed by atoms with Crippen LogP contribution in [0.3, 0.4) is 0 Å². The second kappa shape index (κ2) is 11.7. The van der Waals surface area contributed by atoms with Gasteiger partial charge in [-0.2, -0.15) is 5.11 Å². The fraction of sp³-hybridized carbons (Fsp3) is 0.161. The number of pyridine rings is 1. The topological polar surface area (TPSA) is 137 Å². The van der Waals surface area contributed by atoms with E-state index in [4.69, 9.17) is 11.6 Å². The number of carboxylic acids is 1. The zero-order chi connectivity index (χ0) is 31.0. The number of nitrogens with zero attached hydrogens (tertiary/aromatic N) is 5. The fourth-order valence-corrected chi connectivity index (χ4v) is 5.62. The predicted octanol–water partition coefficient (Wildman–Crippen LogP) is 4.65. The number of carbonyl (C=O) groups is 3. The van der Waals surface area contributed by atoms with E-state index >= 15 is 0 Å². The zero-order valence-electron chi connectivity index (χ0n) is 22.9. The van der Waals surface area contributed by atoms with E-state index in [1.165, 1.54) is 56.9 Å². The molecular weight excluding hydrogens is 591 g/mol. The fourth-order valence-electron chi connectivity index (χ4n) is 5.45. The quantitative estimate of drug-likeness (QED) is 0.324. The van der Waals surface area contributed by atoms with E-state index in [2.05, 4.69) is 15.7 Å². The number of rotatable bonds is 6. The van der Waals surface area contributed by atoms with Crippen molar-refractivity contribution in [3.63, 3.8) is 0 Å². The Labute approximate surface area is 254 Å². The molecule has 0 spiro atoms. The summed E-state index contributed by atoms with van der Waals surface area (Å²) in [6, 6.07) is 17.9. The lowest BCUT2D eigenvalue weighted by atomic mass is 9.89. The van der Waals surface area contributed by atoms with Crippen LogP contribution in [0.1, 0.15) is 27.5 Å². The van der Waals surface area contributed by atoms with Crippen LogP contribution in [0.15, 0.2) is 100 Å². The Balaban J connectivity index is 1.35. The molecule has 0 bridgehead atoms. The van der Waals surface area contributed by atoms with Gasteiger partial charge >= 0.3 is 5.97 Å². The Kier molecular flexibility index (Phi) is 7.66. The highest BCUT2D eigenvalue weighted by atomic mass is 35.5. The van der Waals surface area contributed by atoms with E-state index < -0.39 is 35.7 Å². The monoisotopic (exact) mass is 614 g/mol. The van der Waals surface area contributed by atoms with Gasteiger partial charge in [0.05, 0.1) is 28.5 Å². The van der Waals surface area contributed by atoms with Crippen LogP contribution in [0.25, 0.3) is 5.69 Å². The minimum atomic E-state index is -1.13. The van der Waals surface area contributed by atoms with Gasteiger partial charge in [0.25, 0.3) is 17.4 Å². The number of halogens is 2. The first kappa shape index (κ1) is 28.7. The summed E-state index contributed by atoms with van der Waals surface area (Å²) in [6.07, 6.45) is 1.98. The number of anilines is 2. The van der Waals surface area contributed by atoms with Crippen molar-refractivity contribution in [2.24, 2.45) is 10.3 Å². The van der Waals surface area contributed by atoms with Gasteiger partial charge < -0.3 is 15.3 Å². The van der Waals surface area contributed by atoms with E-state index in [1.54, 1.807) is 42.6 Å². The smallest absolute Gasteiger partial charge is 0.335 e. The maximum absolute atomic E-state index is 14.7. The first-order valence-electron chi connectivity index (χ1n) is 13.6. The molecule has 13 heteroatoms. The maximum atomic E-state index is 14.7. The lowest BCUT2D eigenvalue weighted by molar-refractivity contribution is -0.140. The lowest BCUT2D eigenvalue weighted by Crippen LogP contribution is -2.49. The Morgan fingerprint density at radius 3 is 2.45 bits per heavy atom. The van der Waals surface area contributed by atoms with Crippen molar-refractivity contribution in [3.8, 4) is 5.69 Å². The SMILES string of the molecule is O=C(O)c1ccc(NC(=O)C2c3cccc(-n4ccccc4=O)c3CCN2C(=O)C2CN(c3cccc(Cl)c3F)N=N2)cc1. The molecule has 2 aliphatic heterocycles. The molecule has 2 atom stereocenters. The third-order valence-electron chi connectivity index (χ3n) is 7.55. The second-order valence-electron chi connectivity index (χ2n) is 10.2. The van der Waals surface area contributed by atoms with Crippen molar-refractivity contribution >= 4 is 40.8 Å². The molecule has 4 aromatic rings. The molecule has 0 fully saturated rings. The number of aromatic nitrogens is 1. The number of aromatic carboxylic acids is 1. The van der Waals surface area contributed by atoms with E-state index in [9.17, 15) is 28.7 Å². The van der Waals surface area contributed by atoms with E-state index in [0.717, 1.165) is 5.56 Å². The summed E-state index contributed by atoms with van der Waals surface area (Å²) in [4.78, 5) is 53.3. The van der Waals surface area contributed by atoms with Crippen LogP contribution in [0.2, 0.25) is 5.02 Å². The number of nitrogens with one attached hydrogen (secondary N) is 1. The van der Waals surface area contributed by atoms with Crippen molar-refractivity contribution in [1.29, 1.82) is 0 Å². The van der Waals surface area contributed by atoms with Gasteiger partial charge in [-0.25, -0.2) is 14.2 Å². The lowest BCUT2D eigenvalue weighted by Gasteiger charge is -2.38. The number of hydrogen-bond acceptors (Lipinski definition) is 7. The van der Waals surface area contributed by atoms with Crippen LogP contribution < -0.4 is 15.9 Å². The maximum Gasteiger partial charge on any atom is 0.335 e. The van der Waals surface area contributed by atoms with E-state index in [-0.39, 0.29) is 34.9 Å². The Hall–Kier alpha value is -5.36. The summed E-state index contributed by atoms with van der Waals surface area (Å²) in [7, 11) is 0. The summed E-state index contributed by atoms with van der Waals surface area (Å²) in [5.74, 6) is -2.84. The summed E-state index contributed by atoms with van der Waals surface area (Å²) >= 11 is 5.93. The number of carbonyl (C=O) groups excluding carboxylic acids is 2. The molecule has 6 rings (SSSR count). The molecule has 0 saturated carbocycles. The van der Waals surface area contributed by atoms with Crippen LogP contribution in [0.4, 0.5) is 15.8 Å². The molecule has 2 unspecified atom stereocenters. The minimum Gasteiger partial charge on any atom is -0.478 e. The second-order valence-corrected chi connectivity index (χ2v) is 10.6. The Morgan fingerprint density at radius 2 is 1.70 bits per heavy atom. The summed E-state index contributed by atoms with van der Waals surface area (Å²) < 4.78 is 16.2. The molecule has 2 amide bonds. The summed E-state index contributed by atoms with van der Waals surface area (Å²) in [5, 5.41) is 21.3. The highest BCUT2D eigenvalue weighted by Crippen LogP contribution is 2.36. The molecule has 3 aromatic carbocycles. The third-order valence-corrected chi connectivity index (χ3v) is 7.84. The largest absolute Gasteiger partial charge is 0.478 e. The zero-order valence-corrected chi connectivity index (χ0v) is 23.7. The van der Waals surface area contributed by atoms with Gasteiger partial charge in [-0.3, -0.25) is 19.0 Å². The number of hydrogen-bond donors (Lipinski definition) is 2. The molecule has 0 saturated heterocycles. The molecule has 0 aliphatic carbocycles. The molecule has 1 aromatic heterocycles. The molecule has 44 heavy (non-hydrogen) atoms. The van der Waals surface area contributed by atoms with Gasteiger partial charge in [0.2, 0.25) is 0 Å². The number of carboxylic acid groups (broad SMARTS) is 1. The Bertz CT molecular complexity index is 1880. The highest BCUT2D eigenvalue weighted by molar-refractivity contribution is 6.31. The molecule has 0 radical (unpaired) electrons. The molecular formula is C31H24ClFN6O5. The molecule has 222 valence electrons. The molecule has 2 N–H and O–H groups in total. The van der Waals surface area contributed by atoms with Crippen molar-refractivity contribution in [3.05, 3.63) is 123 Å². The van der Waals surface area contributed by atoms with E-state index in [0.29, 0.717) is 23.4 Å². The number of benzene rings is 3. The summed E-state index contributed by atoms with van der Waals surface area (Å²) in [5.41, 5.74) is 2.03. The van der Waals surface area contributed by atoms with Gasteiger partial charge in [0.1, 0.15) is 6.04 Å². The van der Waals surface area contributed by atoms with Crippen molar-refractivity contribution in [2.45, 2.75) is 18.5 Å². The third kappa shape index (κ3) is 5.31. The van der Waals surface area contributed by atoms with Crippen molar-refractivity contribution in [2.75, 3.05) is 23.4 Å². The van der Waals surface area contributed by atoms with Gasteiger partial charge in [-0.1, -0.05) is 41.1 Å². The van der Waals surface area contributed by atoms with Crippen molar-refractivity contribution in [1.82, 2.24) is 9.47 Å². The van der Waals surface area contributed by atoms with Crippen LogP contribution in [0, 0.1) is 5.82 Å². The average Bonchev–Trinajstić information content (AvgIpc) is 3.52. The van der Waals surface area contributed by atoms with Crippen molar-refractivity contribution < 1.29 is 23.9 Å². The average molecular weight is 615 g/mol. The van der Waals surface area contributed by atoms with Gasteiger partial charge in [-0.15, -0.1) is 0 Å². The molecule has 2 aliphatic rings. The first-order valence-corrected chi connectivity index (χ1v) is 14.0.